The first-order valence-corrected chi connectivity index (χ1v) is 5.86. The largest absolute Gasteiger partial charge is 0.397 e. The Balaban J connectivity index is 2.18. The number of nitrogens with one attached hydrogen (secondary N) is 1. The van der Waals surface area contributed by atoms with Gasteiger partial charge in [0, 0.05) is 32.2 Å². The van der Waals surface area contributed by atoms with Crippen LogP contribution in [0.5, 0.6) is 0 Å². The van der Waals surface area contributed by atoms with Gasteiger partial charge in [-0.15, -0.1) is 0 Å². The molecule has 0 fully saturated rings. The summed E-state index contributed by atoms with van der Waals surface area (Å²) in [5.74, 6) is -0.225. The van der Waals surface area contributed by atoms with Crippen molar-refractivity contribution in [1.82, 2.24) is 4.98 Å². The van der Waals surface area contributed by atoms with Crippen molar-refractivity contribution in [3.8, 4) is 0 Å². The van der Waals surface area contributed by atoms with E-state index in [-0.39, 0.29) is 5.91 Å². The van der Waals surface area contributed by atoms with Crippen LogP contribution in [0.4, 0.5) is 17.1 Å². The molecule has 2 rings (SSSR count). The van der Waals surface area contributed by atoms with Gasteiger partial charge in [-0.25, -0.2) is 0 Å². The van der Waals surface area contributed by atoms with Crippen molar-refractivity contribution in [2.24, 2.45) is 0 Å². The van der Waals surface area contributed by atoms with Crippen molar-refractivity contribution in [3.63, 3.8) is 0 Å². The van der Waals surface area contributed by atoms with Crippen LogP contribution in [-0.4, -0.2) is 25.0 Å². The Kier molecular flexibility index (Phi) is 3.66. The standard InChI is InChI=1S/C14H16N4O/c1-18(2)11-5-6-13(12(15)8-11)17-14(19)10-4-3-7-16-9-10/h3-9H,15H2,1-2H3,(H,17,19). The summed E-state index contributed by atoms with van der Waals surface area (Å²) in [5.41, 5.74) is 8.54. The number of benzene rings is 1. The first kappa shape index (κ1) is 12.9. The Bertz CT molecular complexity index is 581. The van der Waals surface area contributed by atoms with Gasteiger partial charge >= 0.3 is 0 Å². The van der Waals surface area contributed by atoms with Crippen molar-refractivity contribution >= 4 is 23.0 Å². The van der Waals surface area contributed by atoms with E-state index in [4.69, 9.17) is 5.73 Å². The van der Waals surface area contributed by atoms with Crippen LogP contribution >= 0.6 is 0 Å². The number of anilines is 3. The highest BCUT2D eigenvalue weighted by molar-refractivity contribution is 6.05. The SMILES string of the molecule is CN(C)c1ccc(NC(=O)c2cccnc2)c(N)c1. The molecule has 0 atom stereocenters. The van der Waals surface area contributed by atoms with E-state index in [0.29, 0.717) is 16.9 Å². The number of aromatic nitrogens is 1. The third-order valence-corrected chi connectivity index (χ3v) is 2.72. The maximum atomic E-state index is 12.0. The summed E-state index contributed by atoms with van der Waals surface area (Å²) in [6.07, 6.45) is 3.14. The van der Waals surface area contributed by atoms with Crippen molar-refractivity contribution in [3.05, 3.63) is 48.3 Å². The number of carbonyl (C=O) groups is 1. The first-order valence-electron chi connectivity index (χ1n) is 5.86. The lowest BCUT2D eigenvalue weighted by atomic mass is 10.2. The molecule has 1 aromatic heterocycles. The van der Waals surface area contributed by atoms with Crippen molar-refractivity contribution in [2.45, 2.75) is 0 Å². The lowest BCUT2D eigenvalue weighted by Gasteiger charge is -2.15. The Morgan fingerprint density at radius 3 is 2.68 bits per heavy atom. The number of hydrogen-bond donors (Lipinski definition) is 2. The predicted octanol–water partition coefficient (Wildman–Crippen LogP) is 1.98. The fourth-order valence-corrected chi connectivity index (χ4v) is 1.63. The minimum Gasteiger partial charge on any atom is -0.397 e. The van der Waals surface area contributed by atoms with Crippen LogP contribution in [0.3, 0.4) is 0 Å². The summed E-state index contributed by atoms with van der Waals surface area (Å²) in [7, 11) is 3.87. The van der Waals surface area contributed by atoms with Gasteiger partial charge in [0.25, 0.3) is 5.91 Å². The van der Waals surface area contributed by atoms with Gasteiger partial charge in [-0.3, -0.25) is 9.78 Å². The normalized spacial score (nSPS) is 10.0. The van der Waals surface area contributed by atoms with Gasteiger partial charge in [-0.05, 0) is 30.3 Å². The third kappa shape index (κ3) is 3.01. The number of pyridine rings is 1. The molecule has 1 heterocycles. The fourth-order valence-electron chi connectivity index (χ4n) is 1.63. The Morgan fingerprint density at radius 2 is 2.11 bits per heavy atom. The van der Waals surface area contributed by atoms with E-state index in [2.05, 4.69) is 10.3 Å². The van der Waals surface area contributed by atoms with Crippen LogP contribution in [0.1, 0.15) is 10.4 Å². The highest BCUT2D eigenvalue weighted by Gasteiger charge is 2.08. The molecule has 0 unspecified atom stereocenters. The summed E-state index contributed by atoms with van der Waals surface area (Å²) in [5, 5.41) is 2.77. The second-order valence-electron chi connectivity index (χ2n) is 4.36. The van der Waals surface area contributed by atoms with Crippen LogP contribution in [0.25, 0.3) is 0 Å². The summed E-state index contributed by atoms with van der Waals surface area (Å²) in [6, 6.07) is 8.92. The monoisotopic (exact) mass is 256 g/mol. The number of nitrogens with zero attached hydrogens (tertiary/aromatic N) is 2. The summed E-state index contributed by atoms with van der Waals surface area (Å²) >= 11 is 0. The van der Waals surface area contributed by atoms with Crippen molar-refractivity contribution < 1.29 is 4.79 Å². The molecule has 0 spiro atoms. The summed E-state index contributed by atoms with van der Waals surface area (Å²) in [6.45, 7) is 0. The van der Waals surface area contributed by atoms with E-state index < -0.39 is 0 Å². The lowest BCUT2D eigenvalue weighted by molar-refractivity contribution is 0.102. The van der Waals surface area contributed by atoms with Crippen LogP contribution in [0.2, 0.25) is 0 Å². The first-order chi connectivity index (χ1) is 9.08. The molecule has 1 amide bonds. The highest BCUT2D eigenvalue weighted by atomic mass is 16.1. The van der Waals surface area contributed by atoms with Gasteiger partial charge in [-0.1, -0.05) is 0 Å². The quantitative estimate of drug-likeness (QED) is 0.824. The van der Waals surface area contributed by atoms with E-state index in [1.807, 2.05) is 31.1 Å². The molecule has 1 aromatic carbocycles. The number of rotatable bonds is 3. The number of nitrogens with two attached hydrogens (primary N) is 1. The zero-order valence-corrected chi connectivity index (χ0v) is 10.9. The second kappa shape index (κ2) is 5.39. The molecule has 0 aliphatic heterocycles. The minimum atomic E-state index is -0.225. The molecule has 2 aromatic rings. The van der Waals surface area contributed by atoms with Gasteiger partial charge < -0.3 is 16.0 Å². The van der Waals surface area contributed by atoms with Crippen LogP contribution in [0, 0.1) is 0 Å². The summed E-state index contributed by atoms with van der Waals surface area (Å²) in [4.78, 5) is 17.8. The number of hydrogen-bond acceptors (Lipinski definition) is 4. The molecule has 0 saturated heterocycles. The van der Waals surface area contributed by atoms with E-state index in [1.54, 1.807) is 24.4 Å². The Hall–Kier alpha value is -2.56. The molecule has 0 aliphatic rings. The molecule has 3 N–H and O–H groups in total. The molecular weight excluding hydrogens is 240 g/mol. The smallest absolute Gasteiger partial charge is 0.257 e. The van der Waals surface area contributed by atoms with Gasteiger partial charge in [-0.2, -0.15) is 0 Å². The molecule has 98 valence electrons. The molecule has 0 aliphatic carbocycles. The minimum absolute atomic E-state index is 0.225. The number of amides is 1. The maximum absolute atomic E-state index is 12.0. The molecule has 0 saturated carbocycles. The second-order valence-corrected chi connectivity index (χ2v) is 4.36. The highest BCUT2D eigenvalue weighted by Crippen LogP contribution is 2.24. The van der Waals surface area contributed by atoms with Crippen molar-refractivity contribution in [1.29, 1.82) is 0 Å². The van der Waals surface area contributed by atoms with Gasteiger partial charge in [0.2, 0.25) is 0 Å². The molecular formula is C14H16N4O. The zero-order chi connectivity index (χ0) is 13.8. The van der Waals surface area contributed by atoms with E-state index in [0.717, 1.165) is 5.69 Å². The van der Waals surface area contributed by atoms with E-state index >= 15 is 0 Å². The maximum Gasteiger partial charge on any atom is 0.257 e. The lowest BCUT2D eigenvalue weighted by Crippen LogP contribution is -2.14. The van der Waals surface area contributed by atoms with Crippen LogP contribution in [-0.2, 0) is 0 Å². The third-order valence-electron chi connectivity index (χ3n) is 2.72. The van der Waals surface area contributed by atoms with E-state index in [1.165, 1.54) is 6.20 Å². The number of carbonyl (C=O) groups excluding carboxylic acids is 1. The molecule has 5 heteroatoms. The Labute approximate surface area is 112 Å². The molecule has 5 nitrogen and oxygen atoms in total. The molecule has 19 heavy (non-hydrogen) atoms. The molecule has 0 radical (unpaired) electrons. The fraction of sp³-hybridized carbons (Fsp3) is 0.143. The van der Waals surface area contributed by atoms with Gasteiger partial charge in [0.05, 0.1) is 16.9 Å². The summed E-state index contributed by atoms with van der Waals surface area (Å²) < 4.78 is 0. The average molecular weight is 256 g/mol. The van der Waals surface area contributed by atoms with Crippen molar-refractivity contribution in [2.75, 3.05) is 30.0 Å². The van der Waals surface area contributed by atoms with E-state index in [9.17, 15) is 4.79 Å². The van der Waals surface area contributed by atoms with Gasteiger partial charge in [0.15, 0.2) is 0 Å². The topological polar surface area (TPSA) is 71.2 Å². The average Bonchev–Trinajstić information content (AvgIpc) is 2.41. The van der Waals surface area contributed by atoms with Crippen LogP contribution < -0.4 is 16.0 Å². The Morgan fingerprint density at radius 1 is 1.32 bits per heavy atom. The number of nitrogen functional groups attached to an aromatic ring is 1. The van der Waals surface area contributed by atoms with Gasteiger partial charge in [0.1, 0.15) is 0 Å². The predicted molar refractivity (Wildman–Crippen MR) is 77.4 cm³/mol. The van der Waals surface area contributed by atoms with Crippen LogP contribution in [0.15, 0.2) is 42.7 Å². The molecule has 0 bridgehead atoms. The zero-order valence-electron chi connectivity index (χ0n) is 10.9.